The smallest absolute Gasteiger partial charge is 0.319 e. The summed E-state index contributed by atoms with van der Waals surface area (Å²) in [6.07, 6.45) is 0. The van der Waals surface area contributed by atoms with Gasteiger partial charge in [0.1, 0.15) is 9.72 Å². The molecule has 1 rings (SSSR count). The number of hydrogen-bond donors (Lipinski definition) is 1. The first-order valence-corrected chi connectivity index (χ1v) is 6.72. The number of ether oxygens (including phenoxy) is 1. The molecular formula is C10H13BrN2O3S. The topological polar surface area (TPSA) is 72.0 Å². The largest absolute Gasteiger partial charge is 0.465 e. The fourth-order valence-electron chi connectivity index (χ4n) is 1.08. The minimum Gasteiger partial charge on any atom is -0.465 e. The van der Waals surface area contributed by atoms with Crippen molar-refractivity contribution in [1.82, 2.24) is 9.97 Å². The first-order valence-electron chi connectivity index (χ1n) is 5.05. The minimum absolute atomic E-state index is 0.254. The van der Waals surface area contributed by atoms with Crippen molar-refractivity contribution in [3.8, 4) is 0 Å². The van der Waals surface area contributed by atoms with E-state index in [0.29, 0.717) is 21.9 Å². The van der Waals surface area contributed by atoms with Crippen LogP contribution in [0.2, 0.25) is 0 Å². The summed E-state index contributed by atoms with van der Waals surface area (Å²) >= 11 is 4.29. The second-order valence-corrected chi connectivity index (χ2v) is 5.41. The van der Waals surface area contributed by atoms with Crippen LogP contribution in [-0.2, 0) is 9.53 Å². The molecular weight excluding hydrogens is 308 g/mol. The first kappa shape index (κ1) is 14.2. The highest BCUT2D eigenvalue weighted by molar-refractivity contribution is 9.10. The van der Waals surface area contributed by atoms with E-state index in [0.717, 1.165) is 0 Å². The average Bonchev–Trinajstić information content (AvgIpc) is 2.26. The molecule has 0 radical (unpaired) electrons. The molecule has 0 saturated carbocycles. The van der Waals surface area contributed by atoms with Crippen LogP contribution in [0.1, 0.15) is 19.5 Å². The van der Waals surface area contributed by atoms with Crippen LogP contribution in [0.25, 0.3) is 0 Å². The SMILES string of the molecule is CCOC(=O)C(C)Sc1nc(C)c(Br)c(=O)[nH]1. The predicted octanol–water partition coefficient (Wildman–Crippen LogP) is 1.88. The van der Waals surface area contributed by atoms with Gasteiger partial charge in [-0.3, -0.25) is 9.59 Å². The Bertz CT molecular complexity index is 475. The van der Waals surface area contributed by atoms with Crippen LogP contribution in [0.3, 0.4) is 0 Å². The molecule has 1 aromatic heterocycles. The third-order valence-electron chi connectivity index (χ3n) is 1.91. The van der Waals surface area contributed by atoms with Gasteiger partial charge in [0.15, 0.2) is 5.16 Å². The second kappa shape index (κ2) is 6.20. The Morgan fingerprint density at radius 1 is 1.65 bits per heavy atom. The van der Waals surface area contributed by atoms with Gasteiger partial charge in [-0.05, 0) is 36.7 Å². The number of aryl methyl sites for hydroxylation is 1. The van der Waals surface area contributed by atoms with Crippen LogP contribution in [-0.4, -0.2) is 27.8 Å². The summed E-state index contributed by atoms with van der Waals surface area (Å²) < 4.78 is 5.28. The summed E-state index contributed by atoms with van der Waals surface area (Å²) in [5.74, 6) is -0.319. The van der Waals surface area contributed by atoms with E-state index < -0.39 is 5.25 Å². The van der Waals surface area contributed by atoms with Gasteiger partial charge in [-0.25, -0.2) is 4.98 Å². The monoisotopic (exact) mass is 320 g/mol. The van der Waals surface area contributed by atoms with Crippen LogP contribution >= 0.6 is 27.7 Å². The van der Waals surface area contributed by atoms with Crippen molar-refractivity contribution in [2.24, 2.45) is 0 Å². The van der Waals surface area contributed by atoms with E-state index in [2.05, 4.69) is 25.9 Å². The number of nitrogens with zero attached hydrogens (tertiary/aromatic N) is 1. The maximum atomic E-state index is 11.5. The number of H-pyrrole nitrogens is 1. The Balaban J connectivity index is 2.82. The van der Waals surface area contributed by atoms with Gasteiger partial charge in [-0.1, -0.05) is 11.8 Å². The highest BCUT2D eigenvalue weighted by atomic mass is 79.9. The van der Waals surface area contributed by atoms with Crippen molar-refractivity contribution >= 4 is 33.7 Å². The van der Waals surface area contributed by atoms with E-state index >= 15 is 0 Å². The molecule has 0 aromatic carbocycles. The van der Waals surface area contributed by atoms with Crippen molar-refractivity contribution in [2.75, 3.05) is 6.61 Å². The van der Waals surface area contributed by atoms with E-state index in [-0.39, 0.29) is 11.5 Å². The number of rotatable bonds is 4. The molecule has 5 nitrogen and oxygen atoms in total. The van der Waals surface area contributed by atoms with Crippen LogP contribution in [0.4, 0.5) is 0 Å². The lowest BCUT2D eigenvalue weighted by Crippen LogP contribution is -2.19. The molecule has 0 amide bonds. The van der Waals surface area contributed by atoms with Gasteiger partial charge in [0.2, 0.25) is 0 Å². The summed E-state index contributed by atoms with van der Waals surface area (Å²) in [6, 6.07) is 0. The number of nitrogens with one attached hydrogen (secondary N) is 1. The summed E-state index contributed by atoms with van der Waals surface area (Å²) in [5, 5.41) is 0.00919. The van der Waals surface area contributed by atoms with E-state index in [1.54, 1.807) is 20.8 Å². The zero-order valence-electron chi connectivity index (χ0n) is 9.74. The van der Waals surface area contributed by atoms with E-state index in [4.69, 9.17) is 4.74 Å². The van der Waals surface area contributed by atoms with Crippen molar-refractivity contribution < 1.29 is 9.53 Å². The van der Waals surface area contributed by atoms with Gasteiger partial charge in [-0.2, -0.15) is 0 Å². The number of thioether (sulfide) groups is 1. The van der Waals surface area contributed by atoms with Crippen LogP contribution < -0.4 is 5.56 Å². The molecule has 1 aromatic rings. The molecule has 94 valence electrons. The maximum Gasteiger partial charge on any atom is 0.319 e. The minimum atomic E-state index is -0.404. The molecule has 1 N–H and O–H groups in total. The molecule has 0 bridgehead atoms. The van der Waals surface area contributed by atoms with Crippen molar-refractivity contribution in [3.05, 3.63) is 20.5 Å². The zero-order valence-corrected chi connectivity index (χ0v) is 12.1. The number of aromatic amines is 1. The van der Waals surface area contributed by atoms with E-state index in [1.165, 1.54) is 11.8 Å². The number of esters is 1. The Kier molecular flexibility index (Phi) is 5.20. The van der Waals surface area contributed by atoms with E-state index in [9.17, 15) is 9.59 Å². The molecule has 17 heavy (non-hydrogen) atoms. The van der Waals surface area contributed by atoms with Crippen molar-refractivity contribution in [1.29, 1.82) is 0 Å². The zero-order chi connectivity index (χ0) is 13.0. The fraction of sp³-hybridized carbons (Fsp3) is 0.500. The molecule has 0 spiro atoms. The third kappa shape index (κ3) is 3.85. The summed E-state index contributed by atoms with van der Waals surface area (Å²) in [6.45, 7) is 5.52. The van der Waals surface area contributed by atoms with Gasteiger partial charge in [-0.15, -0.1) is 0 Å². The molecule has 0 aliphatic rings. The number of aromatic nitrogens is 2. The number of carbonyl (C=O) groups excluding carboxylic acids is 1. The van der Waals surface area contributed by atoms with Gasteiger partial charge in [0, 0.05) is 0 Å². The van der Waals surface area contributed by atoms with Gasteiger partial charge >= 0.3 is 5.97 Å². The molecule has 0 fully saturated rings. The van der Waals surface area contributed by atoms with Crippen LogP contribution in [0.15, 0.2) is 14.4 Å². The summed E-state index contributed by atoms with van der Waals surface area (Å²) in [7, 11) is 0. The van der Waals surface area contributed by atoms with Crippen LogP contribution in [0.5, 0.6) is 0 Å². The normalized spacial score (nSPS) is 12.2. The highest BCUT2D eigenvalue weighted by Crippen LogP contribution is 2.20. The summed E-state index contributed by atoms with van der Waals surface area (Å²) in [5.41, 5.74) is 0.336. The lowest BCUT2D eigenvalue weighted by atomic mass is 10.5. The Morgan fingerprint density at radius 2 is 2.29 bits per heavy atom. The Labute approximate surface area is 111 Å². The average molecular weight is 321 g/mol. The van der Waals surface area contributed by atoms with Gasteiger partial charge < -0.3 is 9.72 Å². The number of hydrogen-bond acceptors (Lipinski definition) is 5. The molecule has 0 aliphatic heterocycles. The van der Waals surface area contributed by atoms with E-state index in [1.807, 2.05) is 0 Å². The van der Waals surface area contributed by atoms with Crippen LogP contribution in [0, 0.1) is 6.92 Å². The number of halogens is 1. The number of carbonyl (C=O) groups is 1. The molecule has 1 unspecified atom stereocenters. The maximum absolute atomic E-state index is 11.5. The fourth-order valence-corrected chi connectivity index (χ4v) is 2.10. The Morgan fingerprint density at radius 3 is 2.82 bits per heavy atom. The molecule has 7 heteroatoms. The van der Waals surface area contributed by atoms with Gasteiger partial charge in [0.25, 0.3) is 5.56 Å². The molecule has 1 atom stereocenters. The molecule has 0 aliphatic carbocycles. The first-order chi connectivity index (χ1) is 7.95. The lowest BCUT2D eigenvalue weighted by molar-refractivity contribution is -0.142. The Hall–Kier alpha value is -0.820. The third-order valence-corrected chi connectivity index (χ3v) is 3.81. The molecule has 1 heterocycles. The second-order valence-electron chi connectivity index (χ2n) is 3.28. The quantitative estimate of drug-likeness (QED) is 0.521. The van der Waals surface area contributed by atoms with Gasteiger partial charge in [0.05, 0.1) is 12.3 Å². The lowest BCUT2D eigenvalue weighted by Gasteiger charge is -2.09. The predicted molar refractivity (Wildman–Crippen MR) is 69.2 cm³/mol. The van der Waals surface area contributed by atoms with Crippen molar-refractivity contribution in [3.63, 3.8) is 0 Å². The highest BCUT2D eigenvalue weighted by Gasteiger charge is 2.17. The molecule has 0 saturated heterocycles. The van der Waals surface area contributed by atoms with Crippen molar-refractivity contribution in [2.45, 2.75) is 31.2 Å². The summed E-state index contributed by atoms with van der Waals surface area (Å²) in [4.78, 5) is 29.6. The standard InChI is InChI=1S/C10H13BrN2O3S/c1-4-16-9(15)6(3)17-10-12-5(2)7(11)8(14)13-10/h6H,4H2,1-3H3,(H,12,13,14).